The fourth-order valence-electron chi connectivity index (χ4n) is 4.01. The molecule has 0 radical (unpaired) electrons. The number of hydrogen-bond acceptors (Lipinski definition) is 7. The summed E-state index contributed by atoms with van der Waals surface area (Å²) in [7, 11) is -8.33. The summed E-state index contributed by atoms with van der Waals surface area (Å²) in [5.41, 5.74) is -0.772. The number of amides is 1. The number of halogens is 2. The van der Waals surface area contributed by atoms with Gasteiger partial charge in [0, 0.05) is 24.7 Å². The van der Waals surface area contributed by atoms with Gasteiger partial charge in [0.15, 0.2) is 5.65 Å². The molecule has 0 bridgehead atoms. The Hall–Kier alpha value is -3.88. The molecule has 2 N–H and O–H groups in total. The maximum Gasteiger partial charge on any atom is 0.407 e. The van der Waals surface area contributed by atoms with Crippen molar-refractivity contribution in [2.45, 2.75) is 42.6 Å². The predicted molar refractivity (Wildman–Crippen MR) is 149 cm³/mol. The van der Waals surface area contributed by atoms with E-state index in [0.29, 0.717) is 15.1 Å². The third kappa shape index (κ3) is 6.72. The maximum absolute atomic E-state index is 14.1. The van der Waals surface area contributed by atoms with Crippen molar-refractivity contribution < 1.29 is 35.1 Å². The van der Waals surface area contributed by atoms with Crippen molar-refractivity contribution in [2.75, 3.05) is 13.1 Å². The molecule has 0 unspecified atom stereocenters. The Morgan fingerprint density at radius 1 is 0.951 bits per heavy atom. The van der Waals surface area contributed by atoms with E-state index in [9.17, 15) is 30.4 Å². The lowest BCUT2D eigenvalue weighted by atomic mass is 10.0. The average Bonchev–Trinajstić information content (AvgIpc) is 3.32. The lowest BCUT2D eigenvalue weighted by Gasteiger charge is -2.19. The number of alkyl halides is 2. The van der Waals surface area contributed by atoms with Crippen molar-refractivity contribution in [1.29, 1.82) is 0 Å². The third-order valence-corrected chi connectivity index (χ3v) is 8.96. The van der Waals surface area contributed by atoms with Crippen LogP contribution in [0, 0.1) is 0 Å². The first-order chi connectivity index (χ1) is 19.2. The van der Waals surface area contributed by atoms with Gasteiger partial charge in [0.25, 0.3) is 16.4 Å². The van der Waals surface area contributed by atoms with Gasteiger partial charge in [-0.15, -0.1) is 0 Å². The number of ether oxygens (including phenoxy) is 1. The standard InChI is InChI=1S/C27H28F2N4O6S2/c1-27(2,3)39-26(34)31-15-16-32-40(35,36)19-11-9-18(10-12-19)21-13-14-30-25-22(21)17-23(24(28)29)33(25)41(37,38)20-7-5-4-6-8-20/h4-14,17,24,32H,15-16H2,1-3H3,(H,31,34). The van der Waals surface area contributed by atoms with Crippen LogP contribution in [0.5, 0.6) is 0 Å². The lowest BCUT2D eigenvalue weighted by molar-refractivity contribution is 0.0529. The van der Waals surface area contributed by atoms with E-state index in [0.717, 1.165) is 6.07 Å². The zero-order chi connectivity index (χ0) is 30.0. The molecular formula is C27H28F2N4O6S2. The average molecular weight is 607 g/mol. The normalized spacial score (nSPS) is 12.5. The highest BCUT2D eigenvalue weighted by Gasteiger charge is 2.29. The summed E-state index contributed by atoms with van der Waals surface area (Å²) >= 11 is 0. The first kappa shape index (κ1) is 30.1. The second kappa shape index (κ2) is 11.5. The number of rotatable bonds is 9. The monoisotopic (exact) mass is 606 g/mol. The van der Waals surface area contributed by atoms with Crippen LogP contribution in [-0.2, 0) is 24.8 Å². The van der Waals surface area contributed by atoms with Crippen LogP contribution < -0.4 is 10.0 Å². The van der Waals surface area contributed by atoms with Crippen molar-refractivity contribution in [3.8, 4) is 11.1 Å². The van der Waals surface area contributed by atoms with Crippen molar-refractivity contribution in [1.82, 2.24) is 19.0 Å². The Bertz CT molecular complexity index is 1770. The number of benzene rings is 2. The summed E-state index contributed by atoms with van der Waals surface area (Å²) < 4.78 is 88.2. The summed E-state index contributed by atoms with van der Waals surface area (Å²) in [6, 6.07) is 15.4. The van der Waals surface area contributed by atoms with E-state index in [-0.39, 0.29) is 33.9 Å². The summed E-state index contributed by atoms with van der Waals surface area (Å²) in [6.45, 7) is 5.02. The second-order valence-corrected chi connectivity index (χ2v) is 13.5. The Morgan fingerprint density at radius 2 is 1.61 bits per heavy atom. The molecule has 0 aliphatic heterocycles. The number of sulfonamides is 1. The first-order valence-corrected chi connectivity index (χ1v) is 15.3. The number of nitrogens with one attached hydrogen (secondary N) is 2. The number of hydrogen-bond donors (Lipinski definition) is 2. The Morgan fingerprint density at radius 3 is 2.22 bits per heavy atom. The summed E-state index contributed by atoms with van der Waals surface area (Å²) in [5, 5.41) is 2.61. The fraction of sp³-hybridized carbons (Fsp3) is 0.259. The van der Waals surface area contributed by atoms with E-state index < -0.39 is 43.9 Å². The van der Waals surface area contributed by atoms with Gasteiger partial charge in [-0.1, -0.05) is 30.3 Å². The smallest absolute Gasteiger partial charge is 0.407 e. The molecule has 2 heterocycles. The molecule has 4 rings (SSSR count). The lowest BCUT2D eigenvalue weighted by Crippen LogP contribution is -2.37. The summed E-state index contributed by atoms with van der Waals surface area (Å²) in [4.78, 5) is 15.6. The highest BCUT2D eigenvalue weighted by atomic mass is 32.2. The molecule has 41 heavy (non-hydrogen) atoms. The molecule has 0 aliphatic rings. The van der Waals surface area contributed by atoms with Gasteiger partial charge in [-0.05, 0) is 68.3 Å². The van der Waals surface area contributed by atoms with Gasteiger partial charge >= 0.3 is 6.09 Å². The highest BCUT2D eigenvalue weighted by molar-refractivity contribution is 7.90. The minimum absolute atomic E-state index is 0.00340. The topological polar surface area (TPSA) is 136 Å². The van der Waals surface area contributed by atoms with Gasteiger partial charge < -0.3 is 10.1 Å². The van der Waals surface area contributed by atoms with Crippen LogP contribution in [0.15, 0.2) is 82.7 Å². The van der Waals surface area contributed by atoms with Crippen LogP contribution in [0.2, 0.25) is 0 Å². The Balaban J connectivity index is 1.60. The third-order valence-electron chi connectivity index (χ3n) is 5.75. The van der Waals surface area contributed by atoms with Crippen LogP contribution >= 0.6 is 0 Å². The molecule has 218 valence electrons. The number of nitrogens with zero attached hydrogens (tertiary/aromatic N) is 2. The summed E-state index contributed by atoms with van der Waals surface area (Å²) in [5.74, 6) is 0. The van der Waals surface area contributed by atoms with Gasteiger partial charge in [0.2, 0.25) is 10.0 Å². The number of alkyl carbamates (subject to hydrolysis) is 1. The van der Waals surface area contributed by atoms with Crippen LogP contribution in [0.4, 0.5) is 13.6 Å². The Kier molecular flexibility index (Phi) is 8.47. The first-order valence-electron chi connectivity index (χ1n) is 12.4. The number of fused-ring (bicyclic) bond motifs is 1. The maximum atomic E-state index is 14.1. The molecule has 0 spiro atoms. The van der Waals surface area contributed by atoms with E-state index in [1.54, 1.807) is 26.8 Å². The molecule has 14 heteroatoms. The molecule has 0 fully saturated rings. The molecule has 4 aromatic rings. The van der Waals surface area contributed by atoms with Crippen LogP contribution in [0.25, 0.3) is 22.2 Å². The zero-order valence-corrected chi connectivity index (χ0v) is 24.0. The van der Waals surface area contributed by atoms with Gasteiger partial charge in [-0.3, -0.25) is 0 Å². The van der Waals surface area contributed by atoms with Crippen LogP contribution in [-0.4, -0.2) is 50.6 Å². The van der Waals surface area contributed by atoms with Gasteiger partial charge in [-0.2, -0.15) is 0 Å². The highest BCUT2D eigenvalue weighted by Crippen LogP contribution is 2.35. The van der Waals surface area contributed by atoms with E-state index in [4.69, 9.17) is 4.74 Å². The van der Waals surface area contributed by atoms with Gasteiger partial charge in [0.05, 0.1) is 9.79 Å². The van der Waals surface area contributed by atoms with Crippen LogP contribution in [0.3, 0.4) is 0 Å². The molecule has 2 aromatic heterocycles. The minimum atomic E-state index is -4.40. The fourth-order valence-corrected chi connectivity index (χ4v) is 6.54. The van der Waals surface area contributed by atoms with Gasteiger partial charge in [-0.25, -0.2) is 44.1 Å². The molecular weight excluding hydrogens is 578 g/mol. The number of carbonyl (C=O) groups excluding carboxylic acids is 1. The van der Waals surface area contributed by atoms with E-state index in [1.807, 2.05) is 0 Å². The molecule has 1 amide bonds. The quantitative estimate of drug-likeness (QED) is 0.264. The second-order valence-electron chi connectivity index (χ2n) is 9.90. The van der Waals surface area contributed by atoms with Crippen molar-refractivity contribution in [3.05, 3.63) is 78.6 Å². The van der Waals surface area contributed by atoms with E-state index in [2.05, 4.69) is 15.0 Å². The van der Waals surface area contributed by atoms with Crippen molar-refractivity contribution in [2.24, 2.45) is 0 Å². The van der Waals surface area contributed by atoms with Crippen molar-refractivity contribution >= 4 is 37.2 Å². The molecule has 0 saturated carbocycles. The number of aromatic nitrogens is 2. The van der Waals surface area contributed by atoms with Gasteiger partial charge in [0.1, 0.15) is 11.3 Å². The molecule has 0 aliphatic carbocycles. The van der Waals surface area contributed by atoms with E-state index >= 15 is 0 Å². The van der Waals surface area contributed by atoms with Crippen LogP contribution in [0.1, 0.15) is 32.9 Å². The molecule has 0 saturated heterocycles. The minimum Gasteiger partial charge on any atom is -0.444 e. The molecule has 2 aromatic carbocycles. The largest absolute Gasteiger partial charge is 0.444 e. The van der Waals surface area contributed by atoms with E-state index in [1.165, 1.54) is 60.8 Å². The number of pyridine rings is 1. The number of carbonyl (C=O) groups is 1. The SMILES string of the molecule is CC(C)(C)OC(=O)NCCNS(=O)(=O)c1ccc(-c2ccnc3c2cc(C(F)F)n3S(=O)(=O)c2ccccc2)cc1. The Labute approximate surface area is 236 Å². The molecule has 10 nitrogen and oxygen atoms in total. The summed E-state index contributed by atoms with van der Waals surface area (Å²) in [6.07, 6.45) is -2.49. The predicted octanol–water partition coefficient (Wildman–Crippen LogP) is 4.68. The van der Waals surface area contributed by atoms with Crippen molar-refractivity contribution in [3.63, 3.8) is 0 Å². The molecule has 0 atom stereocenters. The zero-order valence-electron chi connectivity index (χ0n) is 22.3.